The molecule has 0 unspecified atom stereocenters. The van der Waals surface area contributed by atoms with Crippen LogP contribution in [0.1, 0.15) is 45.5 Å². The summed E-state index contributed by atoms with van der Waals surface area (Å²) in [7, 11) is 4.16. The maximum Gasteiger partial charge on any atom is 0.416 e. The van der Waals surface area contributed by atoms with Crippen LogP contribution >= 0.6 is 0 Å². The first kappa shape index (κ1) is 28.0. The number of carbonyl (C=O) groups is 1. The van der Waals surface area contributed by atoms with Gasteiger partial charge in [0.1, 0.15) is 5.75 Å². The molecule has 3 rings (SSSR count). The molecule has 1 heterocycles. The third-order valence-electron chi connectivity index (χ3n) is 6.92. The van der Waals surface area contributed by atoms with Gasteiger partial charge < -0.3 is 14.5 Å². The van der Waals surface area contributed by atoms with Crippen LogP contribution in [0.25, 0.3) is 0 Å². The molecule has 0 radical (unpaired) electrons. The average molecular weight is 506 g/mol. The zero-order valence-electron chi connectivity index (χ0n) is 21.8. The Morgan fingerprint density at radius 3 is 2.22 bits per heavy atom. The first-order valence-corrected chi connectivity index (χ1v) is 12.6. The minimum Gasteiger partial charge on any atom is -0.493 e. The fourth-order valence-electron chi connectivity index (χ4n) is 4.43. The van der Waals surface area contributed by atoms with Crippen LogP contribution in [0.5, 0.6) is 5.75 Å². The Morgan fingerprint density at radius 1 is 0.944 bits per heavy atom. The summed E-state index contributed by atoms with van der Waals surface area (Å²) in [6.45, 7) is 9.58. The van der Waals surface area contributed by atoms with E-state index in [1.807, 2.05) is 0 Å². The number of hydrogen-bond acceptors (Lipinski definition) is 4. The first-order chi connectivity index (χ1) is 17.1. The lowest BCUT2D eigenvalue weighted by atomic mass is 9.99. The molecule has 8 heteroatoms. The van der Waals surface area contributed by atoms with Gasteiger partial charge in [-0.05, 0) is 101 Å². The molecule has 5 nitrogen and oxygen atoms in total. The van der Waals surface area contributed by atoms with Gasteiger partial charge in [0.15, 0.2) is 0 Å². The van der Waals surface area contributed by atoms with Crippen molar-refractivity contribution in [2.45, 2.75) is 39.3 Å². The number of alkyl halides is 3. The predicted molar refractivity (Wildman–Crippen MR) is 137 cm³/mol. The summed E-state index contributed by atoms with van der Waals surface area (Å²) in [5.41, 5.74) is 3.30. The highest BCUT2D eigenvalue weighted by Crippen LogP contribution is 2.29. The number of rotatable bonds is 10. The lowest BCUT2D eigenvalue weighted by molar-refractivity contribution is -0.137. The van der Waals surface area contributed by atoms with Crippen LogP contribution in [-0.4, -0.2) is 80.6 Å². The number of nitrogens with zero attached hydrogens (tertiary/aromatic N) is 3. The highest BCUT2D eigenvalue weighted by atomic mass is 19.4. The molecule has 0 aromatic heterocycles. The predicted octanol–water partition coefficient (Wildman–Crippen LogP) is 5.04. The third-order valence-corrected chi connectivity index (χ3v) is 6.92. The number of hydrogen-bond donors (Lipinski definition) is 0. The molecule has 2 aromatic carbocycles. The summed E-state index contributed by atoms with van der Waals surface area (Å²) in [5.74, 6) is 0.739. The van der Waals surface area contributed by atoms with Gasteiger partial charge in [0, 0.05) is 38.3 Å². The second kappa shape index (κ2) is 12.6. The molecule has 1 saturated heterocycles. The molecular weight excluding hydrogens is 467 g/mol. The second-order valence-electron chi connectivity index (χ2n) is 9.79. The van der Waals surface area contributed by atoms with Crippen molar-refractivity contribution < 1.29 is 22.7 Å². The molecule has 1 aliphatic heterocycles. The molecule has 0 bridgehead atoms. The molecule has 0 atom stereocenters. The summed E-state index contributed by atoms with van der Waals surface area (Å²) < 4.78 is 44.3. The molecule has 2 aromatic rings. The molecular formula is C28H38F3N3O2. The van der Waals surface area contributed by atoms with Crippen molar-refractivity contribution in [2.24, 2.45) is 0 Å². The molecule has 198 valence electrons. The number of piperazine rings is 1. The van der Waals surface area contributed by atoms with E-state index in [0.717, 1.165) is 69.9 Å². The topological polar surface area (TPSA) is 36.0 Å². The van der Waals surface area contributed by atoms with Gasteiger partial charge in [-0.2, -0.15) is 13.2 Å². The largest absolute Gasteiger partial charge is 0.493 e. The van der Waals surface area contributed by atoms with Crippen LogP contribution in [0.2, 0.25) is 0 Å². The van der Waals surface area contributed by atoms with Crippen molar-refractivity contribution >= 4 is 5.91 Å². The van der Waals surface area contributed by atoms with Gasteiger partial charge >= 0.3 is 6.18 Å². The van der Waals surface area contributed by atoms with Gasteiger partial charge in [-0.15, -0.1) is 0 Å². The Morgan fingerprint density at radius 2 is 1.61 bits per heavy atom. The fourth-order valence-corrected chi connectivity index (χ4v) is 4.43. The van der Waals surface area contributed by atoms with Crippen LogP contribution in [0.4, 0.5) is 13.2 Å². The number of carbonyl (C=O) groups excluding carboxylic acids is 1. The molecule has 1 amide bonds. The minimum atomic E-state index is -4.40. The maximum absolute atomic E-state index is 12.8. The number of unbranched alkanes of at least 4 members (excludes halogenated alkanes) is 1. The van der Waals surface area contributed by atoms with Crippen molar-refractivity contribution in [1.29, 1.82) is 0 Å². The first-order valence-electron chi connectivity index (χ1n) is 12.6. The monoisotopic (exact) mass is 505 g/mol. The average Bonchev–Trinajstić information content (AvgIpc) is 2.85. The van der Waals surface area contributed by atoms with Crippen LogP contribution in [0.3, 0.4) is 0 Å². The van der Waals surface area contributed by atoms with E-state index in [1.54, 1.807) is 4.90 Å². The summed E-state index contributed by atoms with van der Waals surface area (Å²) in [5, 5.41) is 0. The third kappa shape index (κ3) is 7.71. The highest BCUT2D eigenvalue weighted by molar-refractivity contribution is 5.94. The van der Waals surface area contributed by atoms with Crippen LogP contribution in [-0.2, 0) is 12.6 Å². The van der Waals surface area contributed by atoms with Crippen molar-refractivity contribution in [2.75, 3.05) is 60.0 Å². The Labute approximate surface area is 212 Å². The summed E-state index contributed by atoms with van der Waals surface area (Å²) >= 11 is 0. The van der Waals surface area contributed by atoms with Crippen molar-refractivity contribution in [3.63, 3.8) is 0 Å². The van der Waals surface area contributed by atoms with E-state index < -0.39 is 11.7 Å². The Balaban J connectivity index is 1.45. The number of benzene rings is 2. The Kier molecular flexibility index (Phi) is 9.79. The number of amides is 1. The molecule has 0 saturated carbocycles. The van der Waals surface area contributed by atoms with Crippen molar-refractivity contribution in [1.82, 2.24) is 14.7 Å². The van der Waals surface area contributed by atoms with Gasteiger partial charge in [-0.25, -0.2) is 0 Å². The van der Waals surface area contributed by atoms with Crippen LogP contribution in [0.15, 0.2) is 36.4 Å². The SMILES string of the molecule is Cc1c(CCN2CCN(C(=O)c3ccc(C(F)(F)F)cc3)CC2)ccc(OCCCCN(C)C)c1C. The smallest absolute Gasteiger partial charge is 0.416 e. The lowest BCUT2D eigenvalue weighted by Gasteiger charge is -2.35. The standard InChI is InChI=1S/C28H38F3N3O2/c1-21-22(2)26(36-20-6-5-14-32(3)4)12-9-23(21)13-15-33-16-18-34(19-17-33)27(35)24-7-10-25(11-8-24)28(29,30)31/h7-12H,5-6,13-20H2,1-4H3. The van der Waals surface area contributed by atoms with Gasteiger partial charge in [-0.1, -0.05) is 6.07 Å². The van der Waals surface area contributed by atoms with E-state index in [1.165, 1.54) is 28.8 Å². The highest BCUT2D eigenvalue weighted by Gasteiger charge is 2.30. The van der Waals surface area contributed by atoms with E-state index in [4.69, 9.17) is 4.74 Å². The Hall–Kier alpha value is -2.58. The van der Waals surface area contributed by atoms with Crippen LogP contribution < -0.4 is 4.74 Å². The molecule has 0 spiro atoms. The van der Waals surface area contributed by atoms with E-state index in [-0.39, 0.29) is 5.91 Å². The molecule has 0 aliphatic carbocycles. The van der Waals surface area contributed by atoms with Gasteiger partial charge in [0.05, 0.1) is 12.2 Å². The summed E-state index contributed by atoms with van der Waals surface area (Å²) in [6.07, 6.45) is -1.33. The molecule has 36 heavy (non-hydrogen) atoms. The fraction of sp³-hybridized carbons (Fsp3) is 0.536. The lowest BCUT2D eigenvalue weighted by Crippen LogP contribution is -2.49. The zero-order chi connectivity index (χ0) is 26.3. The summed E-state index contributed by atoms with van der Waals surface area (Å²) in [4.78, 5) is 19.0. The van der Waals surface area contributed by atoms with E-state index in [2.05, 4.69) is 49.9 Å². The second-order valence-corrected chi connectivity index (χ2v) is 9.79. The quantitative estimate of drug-likeness (QED) is 0.424. The molecule has 0 N–H and O–H groups in total. The van der Waals surface area contributed by atoms with E-state index in [9.17, 15) is 18.0 Å². The molecule has 1 aliphatic rings. The van der Waals surface area contributed by atoms with E-state index in [0.29, 0.717) is 18.7 Å². The van der Waals surface area contributed by atoms with Gasteiger partial charge in [0.25, 0.3) is 5.91 Å². The molecule has 1 fully saturated rings. The zero-order valence-corrected chi connectivity index (χ0v) is 21.8. The van der Waals surface area contributed by atoms with Gasteiger partial charge in [0.2, 0.25) is 0 Å². The summed E-state index contributed by atoms with van der Waals surface area (Å²) in [6, 6.07) is 8.69. The normalized spacial score (nSPS) is 14.9. The van der Waals surface area contributed by atoms with Gasteiger partial charge in [-0.3, -0.25) is 9.69 Å². The number of halogens is 3. The number of ether oxygens (including phenoxy) is 1. The van der Waals surface area contributed by atoms with Crippen LogP contribution in [0, 0.1) is 13.8 Å². The Bertz CT molecular complexity index is 998. The van der Waals surface area contributed by atoms with Crippen molar-refractivity contribution in [3.8, 4) is 5.75 Å². The minimum absolute atomic E-state index is 0.216. The van der Waals surface area contributed by atoms with Crippen molar-refractivity contribution in [3.05, 3.63) is 64.2 Å². The van der Waals surface area contributed by atoms with E-state index >= 15 is 0 Å². The maximum atomic E-state index is 12.8.